The van der Waals surface area contributed by atoms with Crippen molar-refractivity contribution in [1.82, 2.24) is 56.0 Å². The van der Waals surface area contributed by atoms with Crippen molar-refractivity contribution >= 4 is 69.8 Å². The van der Waals surface area contributed by atoms with Crippen LogP contribution in [0.25, 0.3) is 21.7 Å². The van der Waals surface area contributed by atoms with Crippen molar-refractivity contribution in [3.63, 3.8) is 0 Å². The number of carboxylic acids is 1. The molecule has 4 aliphatic heterocycles. The highest BCUT2D eigenvalue weighted by atomic mass is 32.1. The van der Waals surface area contributed by atoms with Crippen molar-refractivity contribution < 1.29 is 62.1 Å². The Morgan fingerprint density at radius 3 is 2.29 bits per heavy atom. The number of likely N-dealkylation sites (tertiary alicyclic amines) is 1. The van der Waals surface area contributed by atoms with Crippen LogP contribution in [0.15, 0.2) is 107 Å². The first-order valence-electron chi connectivity index (χ1n) is 35.6. The highest BCUT2D eigenvalue weighted by Gasteiger charge is 2.52. The van der Waals surface area contributed by atoms with E-state index in [4.69, 9.17) is 30.2 Å². The number of fused-ring (bicyclic) bond motifs is 2. The minimum absolute atomic E-state index is 0.0259. The highest BCUT2D eigenvalue weighted by Crippen LogP contribution is 2.43. The number of primary amides is 1. The number of nitrogen functional groups attached to an aromatic ring is 1. The second-order valence-corrected chi connectivity index (χ2v) is 28.9. The Bertz CT molecular complexity index is 4190. The van der Waals surface area contributed by atoms with Crippen LogP contribution in [0.3, 0.4) is 0 Å². The van der Waals surface area contributed by atoms with E-state index in [1.807, 2.05) is 75.7 Å². The maximum absolute atomic E-state index is 15.1. The number of nitrogens with one attached hydrogen (secondary N) is 4. The summed E-state index contributed by atoms with van der Waals surface area (Å²) < 4.78 is 39.6. The lowest BCUT2D eigenvalue weighted by Crippen LogP contribution is -2.55. The Hall–Kier alpha value is -10.0. The van der Waals surface area contributed by atoms with E-state index in [1.165, 1.54) is 23.1 Å². The van der Waals surface area contributed by atoms with Crippen LogP contribution in [0.5, 0.6) is 17.5 Å². The minimum Gasteiger partial charge on any atom is -0.488 e. The van der Waals surface area contributed by atoms with Gasteiger partial charge in [-0.3, -0.25) is 33.8 Å². The van der Waals surface area contributed by atoms with Crippen LogP contribution < -0.4 is 56.7 Å². The molecule has 8 heterocycles. The maximum Gasteiger partial charge on any atom is 0.319 e. The number of urea groups is 1. The van der Waals surface area contributed by atoms with Crippen LogP contribution in [0.1, 0.15) is 114 Å². The van der Waals surface area contributed by atoms with Gasteiger partial charge in [-0.05, 0) is 130 Å². The molecule has 8 atom stereocenters. The Morgan fingerprint density at radius 2 is 1.60 bits per heavy atom. The molecule has 5 aliphatic rings. The summed E-state index contributed by atoms with van der Waals surface area (Å²) in [4.78, 5) is 99.2. The van der Waals surface area contributed by atoms with Gasteiger partial charge in [0.1, 0.15) is 54.8 Å². The van der Waals surface area contributed by atoms with Gasteiger partial charge >= 0.3 is 12.0 Å². The summed E-state index contributed by atoms with van der Waals surface area (Å²) >= 11 is 1.58. The molecule has 0 radical (unpaired) electrons. The molecule has 2 bridgehead atoms. The molecular formula is C74H91FN16O12S. The summed E-state index contributed by atoms with van der Waals surface area (Å²) in [6.45, 7) is 16.1. The number of aliphatic hydroxyl groups excluding tert-OH is 1. The fraction of sp³-hybridized carbons (Fsp3) is 0.473. The molecule has 28 nitrogen and oxygen atoms in total. The van der Waals surface area contributed by atoms with E-state index in [-0.39, 0.29) is 105 Å². The van der Waals surface area contributed by atoms with Gasteiger partial charge in [0, 0.05) is 119 Å². The molecule has 4 aromatic heterocycles. The fourth-order valence-electron chi connectivity index (χ4n) is 14.7. The Morgan fingerprint density at radius 1 is 0.846 bits per heavy atom. The summed E-state index contributed by atoms with van der Waals surface area (Å²) in [5.41, 5.74) is 18.5. The third-order valence-corrected chi connectivity index (χ3v) is 21.6. The summed E-state index contributed by atoms with van der Waals surface area (Å²) in [6.07, 6.45) is 4.26. The molecule has 5 fully saturated rings. The first-order chi connectivity index (χ1) is 50.1. The molecule has 1 aliphatic carbocycles. The van der Waals surface area contributed by atoms with Crippen LogP contribution in [0.4, 0.5) is 32.1 Å². The van der Waals surface area contributed by atoms with E-state index >= 15 is 4.39 Å². The van der Waals surface area contributed by atoms with Gasteiger partial charge in [-0.2, -0.15) is 0 Å². The number of pyridine rings is 1. The standard InChI is InChI=1S/C74H91FN16O12S/c1-43(2)65(70(95)90-40-55(92)34-60(90)69(94)81-45(4)48-11-13-49(14-12-48)66-46(5)80-42-104-66)62-36-64(86-103-62)101-30-28-87-26-27-88(44(3)37-87)29-31-100-63-33-52(21-25-78-63)91-53-18-19-54(91)39-89(38-53)59-35-58(84-85-67(59)76)56-32-50(75)15-20-61(56)102-41-47-9-16-51(17-10-47)82-68(93)57(8-6-24-79-73(77)99)83-71(96)74(72(97)98)22-7-23-74/h9-17,20-21,25,32-33,35-36,42-45,53-55,57,60,65,92H,6-8,18-19,22-24,26-31,34,37-41H2,1-5H3,(H2,76,85)(H,81,94)(H,82,93)(H,83,96)(H,97,98)(H3,77,79,99)/t44?,45-,53?,54?,55+,57-,60-,65?/m0/s1. The fourth-order valence-corrected chi connectivity index (χ4v) is 15.6. The first-order valence-corrected chi connectivity index (χ1v) is 36.5. The zero-order chi connectivity index (χ0) is 73.3. The number of piperazine rings is 2. The zero-order valence-electron chi connectivity index (χ0n) is 59.0. The number of β-amino-alcohol motifs (C(OH)–C–C–N with tert-alkyl or cyclic N) is 1. The van der Waals surface area contributed by atoms with Gasteiger partial charge in [-0.25, -0.2) is 19.2 Å². The number of hydrogen-bond donors (Lipinski definition) is 8. The van der Waals surface area contributed by atoms with E-state index in [0.717, 1.165) is 59.9 Å². The molecule has 4 unspecified atom stereocenters. The van der Waals surface area contributed by atoms with Gasteiger partial charge < -0.3 is 76.4 Å². The summed E-state index contributed by atoms with van der Waals surface area (Å²) in [5, 5.41) is 44.5. The van der Waals surface area contributed by atoms with Crippen LogP contribution in [0, 0.1) is 24.1 Å². The van der Waals surface area contributed by atoms with E-state index < -0.39 is 59.2 Å². The van der Waals surface area contributed by atoms with Gasteiger partial charge in [0.15, 0.2) is 11.6 Å². The number of aromatic nitrogens is 5. The van der Waals surface area contributed by atoms with Crippen molar-refractivity contribution in [2.24, 2.45) is 17.1 Å². The second-order valence-electron chi connectivity index (χ2n) is 28.1. The lowest BCUT2D eigenvalue weighted by atomic mass is 9.68. The SMILES string of the molecule is Cc1ncsc1-c1ccc([C@H](C)NC(=O)[C@@H]2C[C@@H](O)CN2C(=O)C(c2cc(OCCN3CCN(CCOc4cc(N5C6CCC5CN(c5cc(-c7cc(F)ccc7OCc7ccc(NC(=O)[C@H](CCCNC(N)=O)NC(=O)C8(C(=O)O)CCC8)cc7)nnc5N)C6)ccn4)C(C)C3)no2)C(C)C)cc1. The zero-order valence-corrected chi connectivity index (χ0v) is 59.9. The van der Waals surface area contributed by atoms with E-state index in [1.54, 1.807) is 47.9 Å². The number of nitrogens with zero attached hydrogens (tertiary/aromatic N) is 10. The molecule has 1 saturated carbocycles. The monoisotopic (exact) mass is 1450 g/mol. The molecule has 0 spiro atoms. The number of benzene rings is 3. The van der Waals surface area contributed by atoms with Gasteiger partial charge in [0.25, 0.3) is 5.88 Å². The number of thiazole rings is 1. The minimum atomic E-state index is -1.59. The van der Waals surface area contributed by atoms with Crippen LogP contribution in [0.2, 0.25) is 0 Å². The number of halogens is 1. The largest absolute Gasteiger partial charge is 0.488 e. The molecule has 552 valence electrons. The third kappa shape index (κ3) is 17.1. The van der Waals surface area contributed by atoms with Crippen molar-refractivity contribution in [2.75, 3.05) is 93.0 Å². The highest BCUT2D eigenvalue weighted by molar-refractivity contribution is 7.13. The normalized spacial score (nSPS) is 20.3. The van der Waals surface area contributed by atoms with Crippen LogP contribution >= 0.6 is 11.3 Å². The number of hydrogen-bond acceptors (Lipinski definition) is 22. The number of aliphatic hydroxyl groups is 1. The topological polar surface area (TPSA) is 365 Å². The van der Waals surface area contributed by atoms with Crippen molar-refractivity contribution in [3.05, 3.63) is 131 Å². The van der Waals surface area contributed by atoms with Crippen LogP contribution in [-0.4, -0.2) is 194 Å². The average Bonchev–Trinajstić information content (AvgIpc) is 1.53. The number of aryl methyl sites for hydroxylation is 1. The maximum atomic E-state index is 15.1. The van der Waals surface area contributed by atoms with E-state index in [9.17, 15) is 39.0 Å². The lowest BCUT2D eigenvalue weighted by molar-refractivity contribution is -0.162. The molecule has 4 saturated heterocycles. The van der Waals surface area contributed by atoms with Gasteiger partial charge in [-0.15, -0.1) is 21.5 Å². The average molecular weight is 1450 g/mol. The number of aliphatic carboxylic acids is 1. The molecule has 3 aromatic carbocycles. The first kappa shape index (κ1) is 73.7. The molecular weight excluding hydrogens is 1360 g/mol. The molecule has 7 aromatic rings. The summed E-state index contributed by atoms with van der Waals surface area (Å²) in [5.74, 6) is -2.93. The van der Waals surface area contributed by atoms with Gasteiger partial charge in [0.2, 0.25) is 29.5 Å². The Labute approximate surface area is 606 Å². The number of rotatable bonds is 30. The van der Waals surface area contributed by atoms with Crippen molar-refractivity contribution in [2.45, 2.75) is 141 Å². The Balaban J connectivity index is 0.585. The second kappa shape index (κ2) is 32.7. The number of amides is 6. The quantitative estimate of drug-likeness (QED) is 0.0162. The molecule has 30 heteroatoms. The van der Waals surface area contributed by atoms with Crippen LogP contribution in [-0.2, 0) is 30.6 Å². The smallest absolute Gasteiger partial charge is 0.319 e. The van der Waals surface area contributed by atoms with Crippen molar-refractivity contribution in [3.8, 4) is 39.2 Å². The number of ether oxygens (including phenoxy) is 3. The predicted molar refractivity (Wildman–Crippen MR) is 387 cm³/mol. The molecule has 6 amide bonds. The molecule has 104 heavy (non-hydrogen) atoms. The Kier molecular flexibility index (Phi) is 23.2. The third-order valence-electron chi connectivity index (χ3n) is 20.6. The predicted octanol–water partition coefficient (Wildman–Crippen LogP) is 7.29. The number of nitrogens with two attached hydrogens (primary N) is 2. The van der Waals surface area contributed by atoms with Crippen molar-refractivity contribution in [1.29, 1.82) is 0 Å². The molecule has 12 rings (SSSR count). The number of anilines is 4. The summed E-state index contributed by atoms with van der Waals surface area (Å²) in [7, 11) is 0. The number of carboxylic acid groups (broad SMARTS) is 1. The van der Waals surface area contributed by atoms with E-state index in [2.05, 4.69) is 73.1 Å². The summed E-state index contributed by atoms with van der Waals surface area (Å²) in [6, 6.07) is 24.0. The lowest BCUT2D eigenvalue weighted by Gasteiger charge is -2.43. The molecule has 10 N–H and O–H groups in total. The number of carbonyl (C=O) groups excluding carboxylic acids is 5. The number of carbonyl (C=O) groups is 6. The van der Waals surface area contributed by atoms with Gasteiger partial charge in [-0.1, -0.05) is 56.7 Å². The van der Waals surface area contributed by atoms with E-state index in [0.29, 0.717) is 91.4 Å². The van der Waals surface area contributed by atoms with Gasteiger partial charge in [0.05, 0.1) is 39.6 Å².